The summed E-state index contributed by atoms with van der Waals surface area (Å²) in [7, 11) is 0. The molecular weight excluding hydrogens is 206 g/mol. The number of nitrogens with one attached hydrogen (secondary N) is 1. The van der Waals surface area contributed by atoms with Crippen molar-refractivity contribution in [2.75, 3.05) is 25.1 Å². The quantitative estimate of drug-likeness (QED) is 0.849. The monoisotopic (exact) mass is 225 g/mol. The van der Waals surface area contributed by atoms with Gasteiger partial charge in [-0.15, -0.1) is 0 Å². The summed E-state index contributed by atoms with van der Waals surface area (Å²) in [5.41, 5.74) is 0. The van der Waals surface area contributed by atoms with Crippen molar-refractivity contribution >= 4 is 6.01 Å². The zero-order valence-electron chi connectivity index (χ0n) is 9.90. The molecule has 1 aliphatic heterocycles. The molecule has 0 spiro atoms. The van der Waals surface area contributed by atoms with E-state index >= 15 is 0 Å². The molecule has 0 radical (unpaired) electrons. The van der Waals surface area contributed by atoms with Gasteiger partial charge in [-0.1, -0.05) is 19.0 Å². The molecular formula is C11H19N3O2. The molecule has 0 bridgehead atoms. The first-order valence-corrected chi connectivity index (χ1v) is 5.91. The third-order valence-electron chi connectivity index (χ3n) is 2.69. The van der Waals surface area contributed by atoms with E-state index in [1.54, 1.807) is 0 Å². The summed E-state index contributed by atoms with van der Waals surface area (Å²) in [6.45, 7) is 6.74. The Kier molecular flexibility index (Phi) is 3.77. The number of ether oxygens (including phenoxy) is 1. The Morgan fingerprint density at radius 1 is 1.38 bits per heavy atom. The van der Waals surface area contributed by atoms with Crippen molar-refractivity contribution in [2.45, 2.75) is 32.6 Å². The molecule has 1 N–H and O–H groups in total. The summed E-state index contributed by atoms with van der Waals surface area (Å²) in [6, 6.07) is 0.537. The molecule has 16 heavy (non-hydrogen) atoms. The lowest BCUT2D eigenvalue weighted by Gasteiger charge is -2.18. The van der Waals surface area contributed by atoms with Crippen molar-refractivity contribution in [1.82, 2.24) is 10.1 Å². The number of rotatable bonds is 4. The Morgan fingerprint density at radius 2 is 2.12 bits per heavy atom. The third kappa shape index (κ3) is 2.95. The van der Waals surface area contributed by atoms with Gasteiger partial charge in [0.15, 0.2) is 5.82 Å². The van der Waals surface area contributed by atoms with Crippen LogP contribution in [0.5, 0.6) is 0 Å². The van der Waals surface area contributed by atoms with E-state index in [-0.39, 0.29) is 0 Å². The smallest absolute Gasteiger partial charge is 0.321 e. The normalized spacial score (nSPS) is 17.9. The number of nitrogens with zero attached hydrogens (tertiary/aromatic N) is 2. The van der Waals surface area contributed by atoms with Crippen LogP contribution in [0.25, 0.3) is 0 Å². The summed E-state index contributed by atoms with van der Waals surface area (Å²) in [5.74, 6) is 1.78. The predicted molar refractivity (Wildman–Crippen MR) is 60.4 cm³/mol. The average Bonchev–Trinajstić information content (AvgIpc) is 2.76. The van der Waals surface area contributed by atoms with Crippen LogP contribution in [0.4, 0.5) is 6.01 Å². The van der Waals surface area contributed by atoms with Gasteiger partial charge in [-0.2, -0.15) is 4.98 Å². The summed E-state index contributed by atoms with van der Waals surface area (Å²) in [5, 5.41) is 7.15. The SMILES string of the molecule is CC(C)CNc1nc(C2CCOCC2)no1. The molecule has 1 aromatic rings. The van der Waals surface area contributed by atoms with Crippen molar-refractivity contribution in [3.63, 3.8) is 0 Å². The van der Waals surface area contributed by atoms with Gasteiger partial charge < -0.3 is 14.6 Å². The maximum atomic E-state index is 5.31. The predicted octanol–water partition coefficient (Wildman–Crippen LogP) is 2.03. The number of hydrogen-bond acceptors (Lipinski definition) is 5. The van der Waals surface area contributed by atoms with Crippen LogP contribution >= 0.6 is 0 Å². The number of anilines is 1. The number of hydrogen-bond donors (Lipinski definition) is 1. The molecule has 5 nitrogen and oxygen atoms in total. The van der Waals surface area contributed by atoms with Crippen LogP contribution in [0.1, 0.15) is 38.4 Å². The Balaban J connectivity index is 1.90. The molecule has 5 heteroatoms. The van der Waals surface area contributed by atoms with Gasteiger partial charge in [-0.25, -0.2) is 0 Å². The molecule has 0 saturated carbocycles. The van der Waals surface area contributed by atoms with Crippen molar-refractivity contribution in [1.29, 1.82) is 0 Å². The lowest BCUT2D eigenvalue weighted by Crippen LogP contribution is -2.15. The molecule has 1 saturated heterocycles. The largest absolute Gasteiger partial charge is 0.381 e. The fraction of sp³-hybridized carbons (Fsp3) is 0.818. The van der Waals surface area contributed by atoms with E-state index in [1.807, 2.05) is 0 Å². The second kappa shape index (κ2) is 5.30. The van der Waals surface area contributed by atoms with E-state index in [2.05, 4.69) is 29.3 Å². The standard InChI is InChI=1S/C11H19N3O2/c1-8(2)7-12-11-13-10(14-16-11)9-3-5-15-6-4-9/h8-9H,3-7H2,1-2H3,(H,12,13,14). The highest BCUT2D eigenvalue weighted by Crippen LogP contribution is 2.25. The van der Waals surface area contributed by atoms with Crippen molar-refractivity contribution < 1.29 is 9.26 Å². The van der Waals surface area contributed by atoms with Crippen LogP contribution < -0.4 is 5.32 Å². The minimum atomic E-state index is 0.395. The van der Waals surface area contributed by atoms with E-state index in [0.717, 1.165) is 38.4 Å². The van der Waals surface area contributed by atoms with Crippen LogP contribution in [-0.4, -0.2) is 29.9 Å². The molecule has 1 aliphatic rings. The summed E-state index contributed by atoms with van der Waals surface area (Å²) in [6.07, 6.45) is 1.98. The molecule has 0 unspecified atom stereocenters. The minimum Gasteiger partial charge on any atom is -0.381 e. The van der Waals surface area contributed by atoms with Gasteiger partial charge >= 0.3 is 6.01 Å². The second-order valence-corrected chi connectivity index (χ2v) is 4.62. The Bertz CT molecular complexity index is 319. The van der Waals surface area contributed by atoms with E-state index in [4.69, 9.17) is 9.26 Å². The molecule has 0 aliphatic carbocycles. The Morgan fingerprint density at radius 3 is 2.81 bits per heavy atom. The molecule has 1 aromatic heterocycles. The summed E-state index contributed by atoms with van der Waals surface area (Å²) >= 11 is 0. The molecule has 0 amide bonds. The van der Waals surface area contributed by atoms with Gasteiger partial charge in [-0.3, -0.25) is 0 Å². The average molecular weight is 225 g/mol. The van der Waals surface area contributed by atoms with Gasteiger partial charge in [0, 0.05) is 25.7 Å². The van der Waals surface area contributed by atoms with Crippen molar-refractivity contribution in [3.05, 3.63) is 5.82 Å². The lowest BCUT2D eigenvalue weighted by molar-refractivity contribution is 0.0830. The van der Waals surface area contributed by atoms with Crippen molar-refractivity contribution in [3.8, 4) is 0 Å². The van der Waals surface area contributed by atoms with Crippen LogP contribution in [0.15, 0.2) is 4.52 Å². The highest BCUT2D eigenvalue weighted by molar-refractivity contribution is 5.19. The fourth-order valence-corrected chi connectivity index (χ4v) is 1.72. The molecule has 0 aromatic carbocycles. The van der Waals surface area contributed by atoms with E-state index in [0.29, 0.717) is 17.9 Å². The summed E-state index contributed by atoms with van der Waals surface area (Å²) < 4.78 is 10.5. The highest BCUT2D eigenvalue weighted by Gasteiger charge is 2.21. The molecule has 90 valence electrons. The van der Waals surface area contributed by atoms with Crippen molar-refractivity contribution in [2.24, 2.45) is 5.92 Å². The van der Waals surface area contributed by atoms with Gasteiger partial charge in [0.25, 0.3) is 0 Å². The van der Waals surface area contributed by atoms with Crippen LogP contribution in [0.3, 0.4) is 0 Å². The van der Waals surface area contributed by atoms with Gasteiger partial charge in [0.2, 0.25) is 0 Å². The number of aromatic nitrogens is 2. The first-order chi connectivity index (χ1) is 7.75. The second-order valence-electron chi connectivity index (χ2n) is 4.62. The van der Waals surface area contributed by atoms with Gasteiger partial charge in [-0.05, 0) is 18.8 Å². The topological polar surface area (TPSA) is 60.2 Å². The zero-order valence-corrected chi connectivity index (χ0v) is 9.90. The van der Waals surface area contributed by atoms with Crippen LogP contribution in [0, 0.1) is 5.92 Å². The van der Waals surface area contributed by atoms with Crippen LogP contribution in [-0.2, 0) is 4.74 Å². The van der Waals surface area contributed by atoms with E-state index in [9.17, 15) is 0 Å². The fourth-order valence-electron chi connectivity index (χ4n) is 1.72. The minimum absolute atomic E-state index is 0.395. The van der Waals surface area contributed by atoms with Gasteiger partial charge in [0.1, 0.15) is 0 Å². The molecule has 2 heterocycles. The summed E-state index contributed by atoms with van der Waals surface area (Å²) in [4.78, 5) is 4.36. The van der Waals surface area contributed by atoms with Gasteiger partial charge in [0.05, 0.1) is 0 Å². The highest BCUT2D eigenvalue weighted by atomic mass is 16.5. The van der Waals surface area contributed by atoms with Crippen LogP contribution in [0.2, 0.25) is 0 Å². The third-order valence-corrected chi connectivity index (χ3v) is 2.69. The van der Waals surface area contributed by atoms with E-state index < -0.39 is 0 Å². The zero-order chi connectivity index (χ0) is 11.4. The molecule has 1 fully saturated rings. The Labute approximate surface area is 95.6 Å². The lowest BCUT2D eigenvalue weighted by atomic mass is 10.00. The first kappa shape index (κ1) is 11.4. The first-order valence-electron chi connectivity index (χ1n) is 5.91. The Hall–Kier alpha value is -1.10. The molecule has 0 atom stereocenters. The maximum absolute atomic E-state index is 5.31. The van der Waals surface area contributed by atoms with E-state index in [1.165, 1.54) is 0 Å². The molecule has 2 rings (SSSR count). The maximum Gasteiger partial charge on any atom is 0.321 e.